The summed E-state index contributed by atoms with van der Waals surface area (Å²) in [6, 6.07) is 12.0. The fourth-order valence-corrected chi connectivity index (χ4v) is 2.49. The fourth-order valence-electron chi connectivity index (χ4n) is 2.49. The molecule has 0 aliphatic heterocycles. The average molecular weight is 366 g/mol. The highest BCUT2D eigenvalue weighted by Gasteiger charge is 2.19. The number of benzene rings is 1. The number of nitrogens with two attached hydrogens (primary N) is 2. The van der Waals surface area contributed by atoms with Crippen LogP contribution in [0.1, 0.15) is 30.9 Å². The van der Waals surface area contributed by atoms with E-state index in [1.165, 1.54) is 0 Å². The Morgan fingerprint density at radius 2 is 1.93 bits per heavy atom. The summed E-state index contributed by atoms with van der Waals surface area (Å²) >= 11 is 0. The molecule has 2 atom stereocenters. The van der Waals surface area contributed by atoms with E-state index in [1.54, 1.807) is 19.2 Å². The highest BCUT2D eigenvalue weighted by Crippen LogP contribution is 2.06. The molecule has 0 fully saturated rings. The number of pyridine rings is 1. The maximum Gasteiger partial charge on any atom is 0.237 e. The van der Waals surface area contributed by atoms with Gasteiger partial charge in [-0.05, 0) is 37.0 Å². The number of carbonyl (C=O) groups excluding carboxylic acids is 2. The van der Waals surface area contributed by atoms with Crippen LogP contribution in [-0.4, -0.2) is 28.8 Å². The highest BCUT2D eigenvalue weighted by atomic mass is 16.2. The number of aryl methyl sites for hydroxylation is 1. The van der Waals surface area contributed by atoms with E-state index in [9.17, 15) is 9.59 Å². The molecule has 2 aromatic rings. The molecular weight excluding hydrogens is 340 g/mol. The van der Waals surface area contributed by atoms with Gasteiger partial charge in [-0.3, -0.25) is 9.59 Å². The summed E-state index contributed by atoms with van der Waals surface area (Å²) in [5.41, 5.74) is 13.4. The Labute approximate surface area is 159 Å². The van der Waals surface area contributed by atoms with Crippen LogP contribution in [0.4, 0.5) is 5.82 Å². The smallest absolute Gasteiger partial charge is 0.237 e. The van der Waals surface area contributed by atoms with Crippen LogP contribution in [0, 0.1) is 0 Å². The second-order valence-electron chi connectivity index (χ2n) is 6.44. The molecule has 0 saturated heterocycles. The first-order valence-corrected chi connectivity index (χ1v) is 8.96. The van der Waals surface area contributed by atoms with Crippen LogP contribution in [0.5, 0.6) is 0 Å². The van der Waals surface area contributed by atoms with Gasteiger partial charge < -0.3 is 16.8 Å². The zero-order chi connectivity index (χ0) is 19.6. The molecule has 0 bridgehead atoms. The summed E-state index contributed by atoms with van der Waals surface area (Å²) in [6.45, 7) is 1.67. The summed E-state index contributed by atoms with van der Waals surface area (Å²) in [7, 11) is 0. The van der Waals surface area contributed by atoms with Crippen molar-refractivity contribution < 1.29 is 9.59 Å². The minimum atomic E-state index is -0.693. The van der Waals surface area contributed by atoms with Gasteiger partial charge in [0.15, 0.2) is 5.78 Å². The molecule has 0 saturated carbocycles. The molecule has 0 radical (unpaired) electrons. The third-order valence-electron chi connectivity index (χ3n) is 4.19. The van der Waals surface area contributed by atoms with Gasteiger partial charge in [-0.2, -0.15) is 0 Å². The highest BCUT2D eigenvalue weighted by molar-refractivity contribution is 5.90. The Hall–Kier alpha value is -2.99. The summed E-state index contributed by atoms with van der Waals surface area (Å²) in [5, 5.41) is 2.69. The van der Waals surface area contributed by atoms with Gasteiger partial charge in [0.25, 0.3) is 0 Å². The van der Waals surface area contributed by atoms with E-state index in [0.29, 0.717) is 25.1 Å². The first kappa shape index (κ1) is 20.3. The van der Waals surface area contributed by atoms with Crippen molar-refractivity contribution in [3.8, 4) is 0 Å². The van der Waals surface area contributed by atoms with Crippen molar-refractivity contribution >= 4 is 23.6 Å². The van der Waals surface area contributed by atoms with Crippen molar-refractivity contribution in [1.82, 2.24) is 10.3 Å². The van der Waals surface area contributed by atoms with Crippen molar-refractivity contribution in [3.63, 3.8) is 0 Å². The van der Waals surface area contributed by atoms with Gasteiger partial charge in [0, 0.05) is 12.6 Å². The zero-order valence-corrected chi connectivity index (χ0v) is 15.5. The standard InChI is InChI=1S/C21H26N4O2/c1-15(19(26)12-10-17-11-13-20(23)24-14-17)25-21(27)18(22)9-5-8-16-6-3-2-4-7-16/h2-8,11,13-15,18H,9-10,12,22H2,1H3,(H2,23,24)(H,25,27)/b8-5+/t15-,18+/m0/s1. The number of ketones is 1. The summed E-state index contributed by atoms with van der Waals surface area (Å²) in [5.74, 6) is 0.0657. The molecule has 142 valence electrons. The van der Waals surface area contributed by atoms with E-state index in [-0.39, 0.29) is 11.7 Å². The number of nitrogen functional groups attached to an aromatic ring is 1. The minimum Gasteiger partial charge on any atom is -0.384 e. The monoisotopic (exact) mass is 366 g/mol. The van der Waals surface area contributed by atoms with Gasteiger partial charge in [-0.25, -0.2) is 4.98 Å². The van der Waals surface area contributed by atoms with Crippen LogP contribution in [0.3, 0.4) is 0 Å². The van der Waals surface area contributed by atoms with Crippen molar-refractivity contribution in [3.05, 3.63) is 65.9 Å². The second-order valence-corrected chi connectivity index (χ2v) is 6.44. The Morgan fingerprint density at radius 3 is 2.59 bits per heavy atom. The maximum atomic E-state index is 12.2. The molecule has 0 unspecified atom stereocenters. The lowest BCUT2D eigenvalue weighted by atomic mass is 10.0. The lowest BCUT2D eigenvalue weighted by molar-refractivity contribution is -0.128. The molecule has 2 rings (SSSR count). The second kappa shape index (κ2) is 10.2. The Kier molecular flexibility index (Phi) is 7.70. The van der Waals surface area contributed by atoms with Gasteiger partial charge >= 0.3 is 0 Å². The third kappa shape index (κ3) is 7.03. The Morgan fingerprint density at radius 1 is 1.19 bits per heavy atom. The van der Waals surface area contributed by atoms with E-state index in [0.717, 1.165) is 11.1 Å². The van der Waals surface area contributed by atoms with Crippen LogP contribution in [-0.2, 0) is 16.0 Å². The van der Waals surface area contributed by atoms with Gasteiger partial charge in [0.1, 0.15) is 5.82 Å². The number of Topliss-reactive ketones (excluding diaryl/α,β-unsaturated/α-hetero) is 1. The number of hydrogen-bond acceptors (Lipinski definition) is 5. The maximum absolute atomic E-state index is 12.2. The molecule has 0 spiro atoms. The SMILES string of the molecule is C[C@H](NC(=O)[C@H](N)C/C=C/c1ccccc1)C(=O)CCc1ccc(N)nc1. The third-order valence-corrected chi connectivity index (χ3v) is 4.19. The molecule has 1 amide bonds. The minimum absolute atomic E-state index is 0.0489. The van der Waals surface area contributed by atoms with Crippen molar-refractivity contribution in [1.29, 1.82) is 0 Å². The number of nitrogens with zero attached hydrogens (tertiary/aromatic N) is 1. The van der Waals surface area contributed by atoms with E-state index in [1.807, 2.05) is 48.6 Å². The summed E-state index contributed by atoms with van der Waals surface area (Å²) < 4.78 is 0. The van der Waals surface area contributed by atoms with Crippen molar-refractivity contribution in [2.75, 3.05) is 5.73 Å². The van der Waals surface area contributed by atoms with Crippen LogP contribution in [0.15, 0.2) is 54.7 Å². The van der Waals surface area contributed by atoms with Gasteiger partial charge in [0.2, 0.25) is 5.91 Å². The van der Waals surface area contributed by atoms with Crippen molar-refractivity contribution in [2.45, 2.75) is 38.3 Å². The van der Waals surface area contributed by atoms with Gasteiger partial charge in [-0.15, -0.1) is 0 Å². The molecule has 1 aromatic carbocycles. The molecular formula is C21H26N4O2. The summed E-state index contributed by atoms with van der Waals surface area (Å²) in [4.78, 5) is 28.4. The van der Waals surface area contributed by atoms with Gasteiger partial charge in [0.05, 0.1) is 12.1 Å². The quantitative estimate of drug-likeness (QED) is 0.629. The van der Waals surface area contributed by atoms with Gasteiger partial charge in [-0.1, -0.05) is 48.6 Å². The number of anilines is 1. The van der Waals surface area contributed by atoms with E-state index < -0.39 is 12.1 Å². The number of nitrogens with one attached hydrogen (secondary N) is 1. The molecule has 27 heavy (non-hydrogen) atoms. The lowest BCUT2D eigenvalue weighted by Gasteiger charge is -2.16. The number of carbonyl (C=O) groups is 2. The zero-order valence-electron chi connectivity index (χ0n) is 15.5. The molecule has 5 N–H and O–H groups in total. The Balaban J connectivity index is 1.75. The largest absolute Gasteiger partial charge is 0.384 e. The first-order chi connectivity index (χ1) is 13.0. The molecule has 6 nitrogen and oxygen atoms in total. The van der Waals surface area contributed by atoms with Crippen LogP contribution < -0.4 is 16.8 Å². The average Bonchev–Trinajstić information content (AvgIpc) is 2.67. The molecule has 1 aromatic heterocycles. The molecule has 0 aliphatic rings. The summed E-state index contributed by atoms with van der Waals surface area (Å²) in [6.07, 6.45) is 6.70. The normalized spacial score (nSPS) is 13.3. The number of amides is 1. The number of hydrogen-bond donors (Lipinski definition) is 3. The molecule has 1 heterocycles. The predicted octanol–water partition coefficient (Wildman–Crippen LogP) is 2.10. The fraction of sp³-hybridized carbons (Fsp3) is 0.286. The number of rotatable bonds is 9. The van der Waals surface area contributed by atoms with Crippen molar-refractivity contribution in [2.24, 2.45) is 5.73 Å². The van der Waals surface area contributed by atoms with E-state index >= 15 is 0 Å². The van der Waals surface area contributed by atoms with Crippen LogP contribution in [0.2, 0.25) is 0 Å². The Bertz CT molecular complexity index is 773. The molecule has 0 aliphatic carbocycles. The van der Waals surface area contributed by atoms with Crippen LogP contribution in [0.25, 0.3) is 6.08 Å². The first-order valence-electron chi connectivity index (χ1n) is 8.96. The van der Waals surface area contributed by atoms with E-state index in [2.05, 4.69) is 10.3 Å². The molecule has 6 heteroatoms. The van der Waals surface area contributed by atoms with Crippen LogP contribution >= 0.6 is 0 Å². The number of aromatic nitrogens is 1. The topological polar surface area (TPSA) is 111 Å². The van der Waals surface area contributed by atoms with E-state index in [4.69, 9.17) is 11.5 Å². The predicted molar refractivity (Wildman–Crippen MR) is 108 cm³/mol. The lowest BCUT2D eigenvalue weighted by Crippen LogP contribution is -2.47.